The quantitative estimate of drug-likeness (QED) is 0.764. The second kappa shape index (κ2) is 6.24. The molecule has 1 heterocycles. The summed E-state index contributed by atoms with van der Waals surface area (Å²) in [6.07, 6.45) is 3.96. The smallest absolute Gasteiger partial charge is 0.410 e. The Morgan fingerprint density at radius 3 is 2.72 bits per heavy atom. The van der Waals surface area contributed by atoms with Gasteiger partial charge in [0.15, 0.2) is 0 Å². The van der Waals surface area contributed by atoms with Gasteiger partial charge in [-0.2, -0.15) is 0 Å². The lowest BCUT2D eigenvalue weighted by molar-refractivity contribution is 0.0988. The molecule has 0 spiro atoms. The molecule has 0 radical (unpaired) electrons. The van der Waals surface area contributed by atoms with Crippen molar-refractivity contribution < 1.29 is 9.53 Å². The van der Waals surface area contributed by atoms with Crippen molar-refractivity contribution in [2.45, 2.75) is 26.4 Å². The van der Waals surface area contributed by atoms with Gasteiger partial charge in [-0.25, -0.2) is 4.79 Å². The summed E-state index contributed by atoms with van der Waals surface area (Å²) in [5.74, 6) is 0. The van der Waals surface area contributed by atoms with Crippen LogP contribution in [0.15, 0.2) is 42.0 Å². The van der Waals surface area contributed by atoms with E-state index in [9.17, 15) is 4.79 Å². The molecule has 0 atom stereocenters. The van der Waals surface area contributed by atoms with Gasteiger partial charge in [0.1, 0.15) is 6.61 Å². The zero-order valence-corrected chi connectivity index (χ0v) is 10.8. The maximum absolute atomic E-state index is 11.8. The van der Waals surface area contributed by atoms with Crippen molar-refractivity contribution in [2.24, 2.45) is 0 Å². The van der Waals surface area contributed by atoms with Crippen molar-refractivity contribution >= 4 is 6.09 Å². The van der Waals surface area contributed by atoms with Crippen molar-refractivity contribution in [1.82, 2.24) is 4.90 Å². The number of nitrogens with zero attached hydrogens (tertiary/aromatic N) is 1. The van der Waals surface area contributed by atoms with Crippen LogP contribution >= 0.6 is 0 Å². The molecule has 2 rings (SSSR count). The summed E-state index contributed by atoms with van der Waals surface area (Å²) < 4.78 is 5.29. The molecule has 1 aliphatic heterocycles. The van der Waals surface area contributed by atoms with Crippen LogP contribution in [0.4, 0.5) is 4.79 Å². The first-order valence-electron chi connectivity index (χ1n) is 6.43. The number of ether oxygens (including phenoxy) is 1. The van der Waals surface area contributed by atoms with Crippen LogP contribution in [0.5, 0.6) is 0 Å². The summed E-state index contributed by atoms with van der Waals surface area (Å²) in [4.78, 5) is 13.6. The predicted molar refractivity (Wildman–Crippen MR) is 71.2 cm³/mol. The van der Waals surface area contributed by atoms with E-state index in [0.717, 1.165) is 24.9 Å². The molecular formula is C15H19NO2. The molecular weight excluding hydrogens is 226 g/mol. The van der Waals surface area contributed by atoms with E-state index in [-0.39, 0.29) is 6.09 Å². The van der Waals surface area contributed by atoms with E-state index < -0.39 is 0 Å². The van der Waals surface area contributed by atoms with E-state index in [2.05, 4.69) is 13.0 Å². The Bertz CT molecular complexity index is 425. The molecule has 1 aromatic rings. The highest BCUT2D eigenvalue weighted by atomic mass is 16.6. The monoisotopic (exact) mass is 245 g/mol. The Morgan fingerprint density at radius 2 is 2.11 bits per heavy atom. The van der Waals surface area contributed by atoms with Crippen LogP contribution in [-0.2, 0) is 11.3 Å². The highest BCUT2D eigenvalue weighted by molar-refractivity contribution is 5.68. The molecule has 1 aliphatic rings. The Morgan fingerprint density at radius 1 is 1.33 bits per heavy atom. The van der Waals surface area contributed by atoms with Gasteiger partial charge in [-0.05, 0) is 18.4 Å². The number of carbonyl (C=O) groups is 1. The average molecular weight is 245 g/mol. The number of carbonyl (C=O) groups excluding carboxylic acids is 1. The molecule has 0 fully saturated rings. The average Bonchev–Trinajstić information content (AvgIpc) is 2.46. The predicted octanol–water partition coefficient (Wildman–Crippen LogP) is 3.37. The van der Waals surface area contributed by atoms with E-state index in [4.69, 9.17) is 4.74 Å². The summed E-state index contributed by atoms with van der Waals surface area (Å²) in [6.45, 7) is 3.94. The zero-order valence-electron chi connectivity index (χ0n) is 10.8. The third-order valence-corrected chi connectivity index (χ3v) is 3.22. The third-order valence-electron chi connectivity index (χ3n) is 3.22. The lowest BCUT2D eigenvalue weighted by atomic mass is 10.1. The van der Waals surface area contributed by atoms with Crippen molar-refractivity contribution in [3.8, 4) is 0 Å². The maximum Gasteiger partial charge on any atom is 0.410 e. The summed E-state index contributed by atoms with van der Waals surface area (Å²) in [6, 6.07) is 9.75. The van der Waals surface area contributed by atoms with Crippen LogP contribution in [0.1, 0.15) is 25.3 Å². The molecule has 0 aliphatic carbocycles. The van der Waals surface area contributed by atoms with Gasteiger partial charge in [0, 0.05) is 13.1 Å². The number of hydrogen-bond acceptors (Lipinski definition) is 2. The topological polar surface area (TPSA) is 29.5 Å². The van der Waals surface area contributed by atoms with E-state index in [1.54, 1.807) is 4.90 Å². The number of hydrogen-bond donors (Lipinski definition) is 0. The molecule has 0 bridgehead atoms. The minimum absolute atomic E-state index is 0.217. The van der Waals surface area contributed by atoms with Crippen molar-refractivity contribution in [1.29, 1.82) is 0 Å². The van der Waals surface area contributed by atoms with Crippen molar-refractivity contribution in [2.75, 3.05) is 13.1 Å². The standard InChI is InChI=1S/C15H19NO2/c1-2-13-8-10-16(11-9-13)15(17)18-12-14-6-4-3-5-7-14/h3-8H,2,9-12H2,1H3. The van der Waals surface area contributed by atoms with E-state index in [1.165, 1.54) is 5.57 Å². The molecule has 0 aromatic heterocycles. The lowest BCUT2D eigenvalue weighted by Crippen LogP contribution is -2.35. The Kier molecular flexibility index (Phi) is 4.40. The van der Waals surface area contributed by atoms with Gasteiger partial charge in [-0.1, -0.05) is 48.9 Å². The van der Waals surface area contributed by atoms with Gasteiger partial charge in [0.25, 0.3) is 0 Å². The van der Waals surface area contributed by atoms with Gasteiger partial charge >= 0.3 is 6.09 Å². The molecule has 18 heavy (non-hydrogen) atoms. The van der Waals surface area contributed by atoms with Crippen molar-refractivity contribution in [3.05, 3.63) is 47.5 Å². The van der Waals surface area contributed by atoms with Gasteiger partial charge in [0.2, 0.25) is 0 Å². The van der Waals surface area contributed by atoms with Gasteiger partial charge in [0.05, 0.1) is 0 Å². The van der Waals surface area contributed by atoms with Crippen LogP contribution in [0, 0.1) is 0 Å². The van der Waals surface area contributed by atoms with Crippen LogP contribution in [0.2, 0.25) is 0 Å². The highest BCUT2D eigenvalue weighted by Gasteiger charge is 2.17. The Hall–Kier alpha value is -1.77. The van der Waals surface area contributed by atoms with Crippen LogP contribution in [0.3, 0.4) is 0 Å². The normalized spacial score (nSPS) is 15.2. The van der Waals surface area contributed by atoms with Gasteiger partial charge in [-0.3, -0.25) is 0 Å². The summed E-state index contributed by atoms with van der Waals surface area (Å²) in [7, 11) is 0. The second-order valence-electron chi connectivity index (χ2n) is 4.45. The lowest BCUT2D eigenvalue weighted by Gasteiger charge is -2.25. The van der Waals surface area contributed by atoms with E-state index in [1.807, 2.05) is 30.3 Å². The third kappa shape index (κ3) is 3.36. The van der Waals surface area contributed by atoms with Crippen LogP contribution in [-0.4, -0.2) is 24.1 Å². The molecule has 1 aromatic carbocycles. The minimum Gasteiger partial charge on any atom is -0.445 e. The molecule has 3 heteroatoms. The molecule has 0 saturated carbocycles. The molecule has 0 saturated heterocycles. The number of rotatable bonds is 3. The fourth-order valence-electron chi connectivity index (χ4n) is 2.01. The van der Waals surface area contributed by atoms with E-state index in [0.29, 0.717) is 13.2 Å². The summed E-state index contributed by atoms with van der Waals surface area (Å²) in [5.41, 5.74) is 2.45. The largest absolute Gasteiger partial charge is 0.445 e. The van der Waals surface area contributed by atoms with Crippen molar-refractivity contribution in [3.63, 3.8) is 0 Å². The highest BCUT2D eigenvalue weighted by Crippen LogP contribution is 2.14. The van der Waals surface area contributed by atoms with E-state index >= 15 is 0 Å². The minimum atomic E-state index is -0.217. The molecule has 3 nitrogen and oxygen atoms in total. The first kappa shape index (κ1) is 12.7. The van der Waals surface area contributed by atoms with Gasteiger partial charge in [-0.15, -0.1) is 0 Å². The fourth-order valence-corrected chi connectivity index (χ4v) is 2.01. The Balaban J connectivity index is 1.81. The SMILES string of the molecule is CCC1=CCN(C(=O)OCc2ccccc2)CC1. The molecule has 96 valence electrons. The fraction of sp³-hybridized carbons (Fsp3) is 0.400. The van der Waals surface area contributed by atoms with Crippen LogP contribution < -0.4 is 0 Å². The molecule has 1 amide bonds. The summed E-state index contributed by atoms with van der Waals surface area (Å²) in [5, 5.41) is 0. The molecule has 0 unspecified atom stereocenters. The maximum atomic E-state index is 11.8. The number of benzene rings is 1. The Labute approximate surface area is 108 Å². The summed E-state index contributed by atoms with van der Waals surface area (Å²) >= 11 is 0. The van der Waals surface area contributed by atoms with Crippen LogP contribution in [0.25, 0.3) is 0 Å². The first-order valence-corrected chi connectivity index (χ1v) is 6.43. The first-order chi connectivity index (χ1) is 8.79. The molecule has 0 N–H and O–H groups in total. The second-order valence-corrected chi connectivity index (χ2v) is 4.45. The zero-order chi connectivity index (χ0) is 12.8. The number of amides is 1. The van der Waals surface area contributed by atoms with Gasteiger partial charge < -0.3 is 9.64 Å².